The fourth-order valence-electron chi connectivity index (χ4n) is 5.56. The summed E-state index contributed by atoms with van der Waals surface area (Å²) < 4.78 is 12.0. The van der Waals surface area contributed by atoms with Gasteiger partial charge in [-0.25, -0.2) is 4.79 Å². The molecule has 0 bridgehead atoms. The van der Waals surface area contributed by atoms with Gasteiger partial charge in [-0.1, -0.05) is 29.8 Å². The second-order valence-electron chi connectivity index (χ2n) is 10.2. The molecule has 2 aliphatic rings. The number of hydrogen-bond donors (Lipinski definition) is 2. The third kappa shape index (κ3) is 5.85. The van der Waals surface area contributed by atoms with Crippen LogP contribution in [0, 0.1) is 0 Å². The zero-order chi connectivity index (χ0) is 28.2. The molecule has 2 heterocycles. The number of nitrogens with one attached hydrogen (secondary N) is 2. The number of methoxy groups -OCH3 is 2. The van der Waals surface area contributed by atoms with Crippen molar-refractivity contribution < 1.29 is 19.1 Å². The fraction of sp³-hybridized carbons (Fsp3) is 0.367. The van der Waals surface area contributed by atoms with Crippen molar-refractivity contribution in [2.24, 2.45) is 0 Å². The highest BCUT2D eigenvalue weighted by molar-refractivity contribution is 6.30. The topological polar surface area (TPSA) is 102 Å². The van der Waals surface area contributed by atoms with Gasteiger partial charge in [-0.15, -0.1) is 0 Å². The Hall–Kier alpha value is -3.82. The average molecular weight is 565 g/mol. The average Bonchev–Trinajstić information content (AvgIpc) is 3.27. The molecule has 3 aromatic rings. The summed E-state index contributed by atoms with van der Waals surface area (Å²) in [6.07, 6.45) is 3.97. The Morgan fingerprint density at radius 2 is 1.85 bits per heavy atom. The Morgan fingerprint density at radius 1 is 1.05 bits per heavy atom. The monoisotopic (exact) mass is 564 g/mol. The first-order valence-corrected chi connectivity index (χ1v) is 13.7. The number of nitrogens with zero attached hydrogens (tertiary/aromatic N) is 2. The van der Waals surface area contributed by atoms with Gasteiger partial charge < -0.3 is 29.6 Å². The molecule has 1 aliphatic carbocycles. The van der Waals surface area contributed by atoms with E-state index in [1.54, 1.807) is 44.7 Å². The molecule has 2 aromatic carbocycles. The van der Waals surface area contributed by atoms with Gasteiger partial charge in [0.15, 0.2) is 0 Å². The standard InChI is InChI=1S/C30H33ClN4O5/c1-39-15-14-34-13-3-4-26(28(34)36)35-18-25(19-5-9-22(31)10-6-19)27(29(35)37)33-30(38)32-23-11-7-21-17-24(40-2)12-8-20(21)16-23/h3-6,8-10,12-13,17,23,25,27H,7,11,14-16,18H2,1-2H3,(H2,32,33,38)/t23?,25-,27-/m0/s1. The molecule has 1 aliphatic heterocycles. The number of anilines is 1. The van der Waals surface area contributed by atoms with E-state index < -0.39 is 12.1 Å². The van der Waals surface area contributed by atoms with E-state index in [2.05, 4.69) is 10.6 Å². The number of carbonyl (C=O) groups is 2. The molecule has 40 heavy (non-hydrogen) atoms. The molecular formula is C30H33ClN4O5. The zero-order valence-corrected chi connectivity index (χ0v) is 23.3. The molecule has 0 spiro atoms. The number of urea groups is 1. The Morgan fingerprint density at radius 3 is 2.60 bits per heavy atom. The van der Waals surface area contributed by atoms with E-state index >= 15 is 0 Å². The number of pyridine rings is 1. The van der Waals surface area contributed by atoms with Gasteiger partial charge in [-0.2, -0.15) is 0 Å². The van der Waals surface area contributed by atoms with Crippen molar-refractivity contribution in [3.05, 3.63) is 92.9 Å². The molecule has 3 amide bonds. The van der Waals surface area contributed by atoms with Gasteiger partial charge in [-0.3, -0.25) is 9.59 Å². The van der Waals surface area contributed by atoms with Gasteiger partial charge >= 0.3 is 6.03 Å². The van der Waals surface area contributed by atoms with Crippen LogP contribution in [0.2, 0.25) is 5.02 Å². The van der Waals surface area contributed by atoms with Crippen LogP contribution in [0.1, 0.15) is 29.0 Å². The summed E-state index contributed by atoms with van der Waals surface area (Å²) in [5.41, 5.74) is 3.23. The van der Waals surface area contributed by atoms with Crippen LogP contribution in [0.3, 0.4) is 0 Å². The number of carbonyl (C=O) groups excluding carboxylic acids is 2. The molecule has 1 saturated heterocycles. The predicted octanol–water partition coefficient (Wildman–Crippen LogP) is 3.51. The molecule has 3 atom stereocenters. The van der Waals surface area contributed by atoms with E-state index in [1.807, 2.05) is 30.3 Å². The second kappa shape index (κ2) is 12.1. The molecule has 210 valence electrons. The molecule has 2 N–H and O–H groups in total. The van der Waals surface area contributed by atoms with E-state index in [0.717, 1.165) is 24.2 Å². The van der Waals surface area contributed by atoms with Gasteiger partial charge in [0.2, 0.25) is 0 Å². The van der Waals surface area contributed by atoms with Crippen LogP contribution in [0.4, 0.5) is 10.5 Å². The van der Waals surface area contributed by atoms with Crippen LogP contribution in [0.15, 0.2) is 65.6 Å². The highest BCUT2D eigenvalue weighted by atomic mass is 35.5. The van der Waals surface area contributed by atoms with Crippen molar-refractivity contribution in [2.45, 2.75) is 43.8 Å². The molecule has 1 aromatic heterocycles. The largest absolute Gasteiger partial charge is 0.497 e. The maximum Gasteiger partial charge on any atom is 0.315 e. The maximum absolute atomic E-state index is 13.8. The first kappa shape index (κ1) is 27.7. The first-order chi connectivity index (χ1) is 19.4. The predicted molar refractivity (Wildman–Crippen MR) is 153 cm³/mol. The fourth-order valence-corrected chi connectivity index (χ4v) is 5.69. The molecule has 9 nitrogen and oxygen atoms in total. The van der Waals surface area contributed by atoms with Gasteiger partial charge in [0, 0.05) is 43.4 Å². The van der Waals surface area contributed by atoms with Crippen molar-refractivity contribution in [3.8, 4) is 5.75 Å². The zero-order valence-electron chi connectivity index (χ0n) is 22.6. The molecule has 1 fully saturated rings. The van der Waals surface area contributed by atoms with Crippen LogP contribution >= 0.6 is 11.6 Å². The van der Waals surface area contributed by atoms with Crippen molar-refractivity contribution >= 4 is 29.2 Å². The number of hydrogen-bond acceptors (Lipinski definition) is 5. The summed E-state index contributed by atoms with van der Waals surface area (Å²) >= 11 is 6.12. The lowest BCUT2D eigenvalue weighted by molar-refractivity contribution is -0.118. The Labute approximate surface area is 238 Å². The minimum Gasteiger partial charge on any atom is -0.497 e. The van der Waals surface area contributed by atoms with E-state index in [-0.39, 0.29) is 35.7 Å². The number of benzene rings is 2. The molecule has 0 saturated carbocycles. The number of aryl methyl sites for hydroxylation is 1. The van der Waals surface area contributed by atoms with Gasteiger partial charge in [0.05, 0.1) is 13.7 Å². The quantitative estimate of drug-likeness (QED) is 0.436. The van der Waals surface area contributed by atoms with E-state index in [1.165, 1.54) is 20.6 Å². The summed E-state index contributed by atoms with van der Waals surface area (Å²) in [6, 6.07) is 15.3. The number of aromatic nitrogens is 1. The van der Waals surface area contributed by atoms with E-state index in [4.69, 9.17) is 21.1 Å². The molecule has 10 heteroatoms. The minimum absolute atomic E-state index is 0.0652. The van der Waals surface area contributed by atoms with Crippen LogP contribution < -0.4 is 25.8 Å². The molecule has 5 rings (SSSR count). The summed E-state index contributed by atoms with van der Waals surface area (Å²) in [6.45, 7) is 0.981. The SMILES string of the molecule is COCCn1cccc(N2C[C@@H](c3ccc(Cl)cc3)[C@H](NC(=O)NC3CCc4cc(OC)ccc4C3)C2=O)c1=O. The van der Waals surface area contributed by atoms with Crippen molar-refractivity contribution in [3.63, 3.8) is 0 Å². The Kier molecular flexibility index (Phi) is 8.42. The van der Waals surface area contributed by atoms with Crippen molar-refractivity contribution in [1.82, 2.24) is 15.2 Å². The minimum atomic E-state index is -0.853. The van der Waals surface area contributed by atoms with Gasteiger partial charge in [0.1, 0.15) is 17.5 Å². The maximum atomic E-state index is 13.8. The summed E-state index contributed by atoms with van der Waals surface area (Å²) in [7, 11) is 3.22. The van der Waals surface area contributed by atoms with E-state index in [9.17, 15) is 14.4 Å². The number of fused-ring (bicyclic) bond motifs is 1. The second-order valence-corrected chi connectivity index (χ2v) is 10.6. The third-order valence-corrected chi connectivity index (χ3v) is 7.95. The van der Waals surface area contributed by atoms with Crippen LogP contribution in [-0.4, -0.2) is 56.0 Å². The summed E-state index contributed by atoms with van der Waals surface area (Å²) in [4.78, 5) is 41.7. The highest BCUT2D eigenvalue weighted by Crippen LogP contribution is 2.32. The Balaban J connectivity index is 1.35. The van der Waals surface area contributed by atoms with Crippen molar-refractivity contribution in [1.29, 1.82) is 0 Å². The van der Waals surface area contributed by atoms with Crippen LogP contribution in [-0.2, 0) is 28.9 Å². The van der Waals surface area contributed by atoms with Crippen LogP contribution in [0.25, 0.3) is 0 Å². The lowest BCUT2D eigenvalue weighted by Gasteiger charge is -2.27. The summed E-state index contributed by atoms with van der Waals surface area (Å²) in [5.74, 6) is 0.115. The van der Waals surface area contributed by atoms with Gasteiger partial charge in [-0.05, 0) is 72.4 Å². The first-order valence-electron chi connectivity index (χ1n) is 13.4. The lowest BCUT2D eigenvalue weighted by atomic mass is 9.88. The number of rotatable bonds is 8. The molecule has 1 unspecified atom stereocenters. The third-order valence-electron chi connectivity index (χ3n) is 7.70. The van der Waals surface area contributed by atoms with Gasteiger partial charge in [0.25, 0.3) is 11.5 Å². The molecular weight excluding hydrogens is 532 g/mol. The number of halogens is 1. The highest BCUT2D eigenvalue weighted by Gasteiger charge is 2.43. The van der Waals surface area contributed by atoms with Crippen molar-refractivity contribution in [2.75, 3.05) is 32.3 Å². The smallest absolute Gasteiger partial charge is 0.315 e. The van der Waals surface area contributed by atoms with Crippen LogP contribution in [0.5, 0.6) is 5.75 Å². The normalized spacial score (nSPS) is 20.2. The Bertz CT molecular complexity index is 1440. The summed E-state index contributed by atoms with van der Waals surface area (Å²) in [5, 5.41) is 6.56. The lowest BCUT2D eigenvalue weighted by Crippen LogP contribution is -2.51. The molecule has 0 radical (unpaired) electrons. The number of amides is 3. The number of ether oxygens (including phenoxy) is 2. The van der Waals surface area contributed by atoms with E-state index in [0.29, 0.717) is 24.6 Å².